The summed E-state index contributed by atoms with van der Waals surface area (Å²) in [6, 6.07) is 25.4. The Hall–Kier alpha value is -3.57. The van der Waals surface area contributed by atoms with Crippen molar-refractivity contribution in [2.45, 2.75) is 29.8 Å². The van der Waals surface area contributed by atoms with Crippen LogP contribution in [0.15, 0.2) is 107 Å². The van der Waals surface area contributed by atoms with Crippen molar-refractivity contribution >= 4 is 54.4 Å². The summed E-state index contributed by atoms with van der Waals surface area (Å²) in [7, 11) is -3.75. The molecule has 2 aromatic heterocycles. The second-order valence-corrected chi connectivity index (χ2v) is 12.8. The molecule has 0 aliphatic carbocycles. The maximum absolute atomic E-state index is 13.9. The molecule has 0 unspecified atom stereocenters. The van der Waals surface area contributed by atoms with Gasteiger partial charge in [0, 0.05) is 35.9 Å². The quantitative estimate of drug-likeness (QED) is 0.174. The molecule has 0 atom stereocenters. The van der Waals surface area contributed by atoms with Gasteiger partial charge in [-0.2, -0.15) is 4.31 Å². The lowest BCUT2D eigenvalue weighted by atomic mass is 10.2. The molecular weight excluding hydrogens is 561 g/mol. The van der Waals surface area contributed by atoms with Crippen LogP contribution in [0.1, 0.15) is 28.4 Å². The number of thiazole rings is 1. The molecule has 5 aromatic rings. The molecule has 204 valence electrons. The number of amides is 1. The highest BCUT2D eigenvalue weighted by atomic mass is 32.2. The minimum atomic E-state index is -3.75. The van der Waals surface area contributed by atoms with Crippen molar-refractivity contribution in [3.8, 4) is 0 Å². The van der Waals surface area contributed by atoms with Crippen LogP contribution in [0.4, 0.5) is 5.13 Å². The number of para-hydroxylation sites is 1. The van der Waals surface area contributed by atoms with Crippen LogP contribution in [0.5, 0.6) is 0 Å². The van der Waals surface area contributed by atoms with E-state index in [1.807, 2.05) is 73.8 Å². The van der Waals surface area contributed by atoms with E-state index in [2.05, 4.69) is 4.98 Å². The molecule has 0 saturated heterocycles. The predicted octanol–water partition coefficient (Wildman–Crippen LogP) is 6.47. The van der Waals surface area contributed by atoms with Gasteiger partial charge in [0.15, 0.2) is 5.13 Å². The Labute approximate surface area is 242 Å². The fourth-order valence-electron chi connectivity index (χ4n) is 4.32. The molecule has 0 spiro atoms. The lowest BCUT2D eigenvalue weighted by Crippen LogP contribution is -2.31. The summed E-state index contributed by atoms with van der Waals surface area (Å²) in [5.74, 6) is -0.269. The number of anilines is 1. The van der Waals surface area contributed by atoms with Gasteiger partial charge in [-0.3, -0.25) is 14.7 Å². The topological polar surface area (TPSA) is 83.5 Å². The largest absolute Gasteiger partial charge is 0.279 e. The van der Waals surface area contributed by atoms with Crippen LogP contribution in [0, 0.1) is 0 Å². The number of carbonyl (C=O) groups is 1. The number of hydrogen-bond donors (Lipinski definition) is 0. The standard InChI is InChI=1S/C30H28N4O3S3/c1-3-33(20-22-9-5-4-6-10-22)40(36,37)25-16-14-24(15-17-25)29(35)34(21-23-11-8-18-31-19-23)30-32-28-26(38-2)12-7-13-27(28)39-30/h4-19H,3,20-21H2,1-2H3. The van der Waals surface area contributed by atoms with Crippen molar-refractivity contribution < 1.29 is 13.2 Å². The number of thioether (sulfide) groups is 1. The van der Waals surface area contributed by atoms with Gasteiger partial charge in [0.1, 0.15) is 0 Å². The van der Waals surface area contributed by atoms with Crippen LogP contribution in [0.3, 0.4) is 0 Å². The zero-order valence-electron chi connectivity index (χ0n) is 22.1. The van der Waals surface area contributed by atoms with E-state index < -0.39 is 10.0 Å². The van der Waals surface area contributed by atoms with E-state index in [1.165, 1.54) is 27.8 Å². The van der Waals surface area contributed by atoms with E-state index in [-0.39, 0.29) is 23.9 Å². The molecule has 7 nitrogen and oxygen atoms in total. The molecule has 0 aliphatic heterocycles. The van der Waals surface area contributed by atoms with Crippen LogP contribution in [-0.4, -0.2) is 41.4 Å². The zero-order chi connectivity index (χ0) is 28.1. The van der Waals surface area contributed by atoms with Crippen LogP contribution < -0.4 is 4.90 Å². The minimum absolute atomic E-state index is 0.144. The molecule has 0 saturated carbocycles. The number of pyridine rings is 1. The monoisotopic (exact) mass is 588 g/mol. The van der Waals surface area contributed by atoms with Crippen LogP contribution in [-0.2, 0) is 23.1 Å². The van der Waals surface area contributed by atoms with Gasteiger partial charge in [-0.1, -0.05) is 60.7 Å². The van der Waals surface area contributed by atoms with E-state index in [9.17, 15) is 13.2 Å². The van der Waals surface area contributed by atoms with Crippen molar-refractivity contribution in [2.75, 3.05) is 17.7 Å². The van der Waals surface area contributed by atoms with E-state index in [0.717, 1.165) is 26.2 Å². The fraction of sp³-hybridized carbons (Fsp3) is 0.167. The normalized spacial score (nSPS) is 11.7. The van der Waals surface area contributed by atoms with Gasteiger partial charge in [0.2, 0.25) is 10.0 Å². The van der Waals surface area contributed by atoms with E-state index in [1.54, 1.807) is 41.2 Å². The number of sulfonamides is 1. The summed E-state index contributed by atoms with van der Waals surface area (Å²) in [6.07, 6.45) is 5.42. The van der Waals surface area contributed by atoms with Gasteiger partial charge < -0.3 is 0 Å². The highest BCUT2D eigenvalue weighted by Gasteiger charge is 2.26. The number of hydrogen-bond acceptors (Lipinski definition) is 7. The van der Waals surface area contributed by atoms with Gasteiger partial charge >= 0.3 is 0 Å². The number of nitrogens with zero attached hydrogens (tertiary/aromatic N) is 4. The first kappa shape index (κ1) is 28.0. The minimum Gasteiger partial charge on any atom is -0.279 e. The Morgan fingerprint density at radius 1 is 0.900 bits per heavy atom. The maximum atomic E-state index is 13.9. The third kappa shape index (κ3) is 5.95. The van der Waals surface area contributed by atoms with E-state index in [0.29, 0.717) is 17.2 Å². The van der Waals surface area contributed by atoms with Crippen LogP contribution in [0.25, 0.3) is 10.2 Å². The first-order valence-electron chi connectivity index (χ1n) is 12.7. The first-order chi connectivity index (χ1) is 19.4. The number of benzene rings is 3. The SMILES string of the molecule is CCN(Cc1ccccc1)S(=O)(=O)c1ccc(C(=O)N(Cc2cccnc2)c2nc3c(SC)cccc3s2)cc1. The van der Waals surface area contributed by atoms with Crippen molar-refractivity contribution in [1.82, 2.24) is 14.3 Å². The summed E-state index contributed by atoms with van der Waals surface area (Å²) in [4.78, 5) is 25.7. The van der Waals surface area contributed by atoms with Crippen LogP contribution in [0.2, 0.25) is 0 Å². The molecule has 0 radical (unpaired) electrons. The second kappa shape index (κ2) is 12.3. The average molecular weight is 589 g/mol. The summed E-state index contributed by atoms with van der Waals surface area (Å²) in [5.41, 5.74) is 3.00. The van der Waals surface area contributed by atoms with Crippen molar-refractivity contribution in [2.24, 2.45) is 0 Å². The highest BCUT2D eigenvalue weighted by Crippen LogP contribution is 2.35. The molecule has 3 aromatic carbocycles. The summed E-state index contributed by atoms with van der Waals surface area (Å²) < 4.78 is 29.3. The molecule has 0 aliphatic rings. The fourth-order valence-corrected chi connectivity index (χ4v) is 7.38. The van der Waals surface area contributed by atoms with Gasteiger partial charge in [0.05, 0.1) is 21.7 Å². The molecule has 0 fully saturated rings. The summed E-state index contributed by atoms with van der Waals surface area (Å²) in [6.45, 7) is 2.69. The number of fused-ring (bicyclic) bond motifs is 1. The van der Waals surface area contributed by atoms with Gasteiger partial charge in [-0.15, -0.1) is 11.8 Å². The van der Waals surface area contributed by atoms with Gasteiger partial charge in [-0.25, -0.2) is 13.4 Å². The summed E-state index contributed by atoms with van der Waals surface area (Å²) >= 11 is 3.06. The second-order valence-electron chi connectivity index (χ2n) is 9.00. The maximum Gasteiger partial charge on any atom is 0.260 e. The Kier molecular flexibility index (Phi) is 8.60. The molecule has 10 heteroatoms. The smallest absolute Gasteiger partial charge is 0.260 e. The van der Waals surface area contributed by atoms with E-state index >= 15 is 0 Å². The Bertz CT molecular complexity index is 1710. The van der Waals surface area contributed by atoms with Gasteiger partial charge in [-0.05, 0) is 59.8 Å². The Morgan fingerprint density at radius 3 is 2.33 bits per heavy atom. The first-order valence-corrected chi connectivity index (χ1v) is 16.2. The lowest BCUT2D eigenvalue weighted by Gasteiger charge is -2.22. The average Bonchev–Trinajstić information content (AvgIpc) is 3.43. The van der Waals surface area contributed by atoms with Crippen LogP contribution >= 0.6 is 23.1 Å². The number of carbonyl (C=O) groups excluding carboxylic acids is 1. The van der Waals surface area contributed by atoms with Crippen molar-refractivity contribution in [3.05, 3.63) is 114 Å². The third-order valence-electron chi connectivity index (χ3n) is 6.42. The van der Waals surface area contributed by atoms with Crippen molar-refractivity contribution in [1.29, 1.82) is 0 Å². The molecule has 2 heterocycles. The highest BCUT2D eigenvalue weighted by molar-refractivity contribution is 7.98. The zero-order valence-corrected chi connectivity index (χ0v) is 24.5. The number of aromatic nitrogens is 2. The molecular formula is C30H28N4O3S3. The third-order valence-corrected chi connectivity index (χ3v) is 10.2. The molecule has 40 heavy (non-hydrogen) atoms. The molecule has 0 bridgehead atoms. The summed E-state index contributed by atoms with van der Waals surface area (Å²) in [5, 5.41) is 0.571. The van der Waals surface area contributed by atoms with Gasteiger partial charge in [0.25, 0.3) is 5.91 Å². The molecule has 1 amide bonds. The van der Waals surface area contributed by atoms with E-state index in [4.69, 9.17) is 4.98 Å². The predicted molar refractivity (Wildman–Crippen MR) is 162 cm³/mol. The Balaban J connectivity index is 1.45. The van der Waals surface area contributed by atoms with Crippen molar-refractivity contribution in [3.63, 3.8) is 0 Å². The Morgan fingerprint density at radius 2 is 1.65 bits per heavy atom. The lowest BCUT2D eigenvalue weighted by molar-refractivity contribution is 0.0985. The molecule has 0 N–H and O–H groups in total. The molecule has 5 rings (SSSR count). The number of rotatable bonds is 10.